The molecule has 0 spiro atoms. The van der Waals surface area contributed by atoms with Gasteiger partial charge in [0, 0.05) is 45.3 Å². The Balaban J connectivity index is 1.36. The normalized spacial score (nSPS) is 21.9. The molecule has 0 bridgehead atoms. The summed E-state index contributed by atoms with van der Waals surface area (Å²) >= 11 is 0. The molecule has 3 amide bonds. The van der Waals surface area contributed by atoms with E-state index >= 15 is 0 Å². The van der Waals surface area contributed by atoms with E-state index in [9.17, 15) is 27.6 Å². The second kappa shape index (κ2) is 10.2. The number of carbonyl (C=O) groups excluding carboxylic acids is 3. The molecule has 1 unspecified atom stereocenters. The second-order valence-corrected chi connectivity index (χ2v) is 9.10. The quantitative estimate of drug-likeness (QED) is 0.539. The Hall–Kier alpha value is -3.60. The van der Waals surface area contributed by atoms with Crippen LogP contribution in [-0.4, -0.2) is 55.0 Å². The molecular weight excluding hydrogens is 477 g/mol. The highest BCUT2D eigenvalue weighted by atomic mass is 19.4. The van der Waals surface area contributed by atoms with Crippen LogP contribution >= 0.6 is 0 Å². The summed E-state index contributed by atoms with van der Waals surface area (Å²) in [5.74, 6) is -1.39. The molecule has 0 aliphatic carbocycles. The van der Waals surface area contributed by atoms with Crippen molar-refractivity contribution in [1.29, 1.82) is 0 Å². The minimum Gasteiger partial charge on any atom is -0.378 e. The lowest BCUT2D eigenvalue weighted by molar-refractivity contribution is -0.137. The fourth-order valence-corrected chi connectivity index (χ4v) is 4.33. The number of rotatable bonds is 7. The van der Waals surface area contributed by atoms with Gasteiger partial charge in [-0.1, -0.05) is 24.3 Å². The van der Waals surface area contributed by atoms with Crippen molar-refractivity contribution < 1.29 is 32.3 Å². The number of ether oxygens (including phenoxy) is 1. The number of hydrogen-bond donors (Lipinski definition) is 3. The average Bonchev–Trinajstić information content (AvgIpc) is 3.45. The molecule has 8 nitrogen and oxygen atoms in total. The maximum Gasteiger partial charge on any atom is 0.418 e. The lowest BCUT2D eigenvalue weighted by Gasteiger charge is -2.28. The van der Waals surface area contributed by atoms with Crippen molar-refractivity contribution in [3.8, 4) is 0 Å². The standard InChI is InChI=1S/C25H27F3N4O4/c1-32-14-17(12-21(32)33)22(34)31-24(10-11-36-15-24)23(35)29-13-16-6-8-18(9-7-16)30-20-5-3-2-4-19(20)25(26,27)28/h2-9,17,30H,10-15H2,1H3,(H,29,35)(H,31,34)/t17?,24-/m0/s1. The summed E-state index contributed by atoms with van der Waals surface area (Å²) in [6.07, 6.45) is -4.07. The Bertz CT molecular complexity index is 1130. The largest absolute Gasteiger partial charge is 0.418 e. The predicted octanol–water partition coefficient (Wildman–Crippen LogP) is 2.82. The van der Waals surface area contributed by atoms with Crippen LogP contribution in [-0.2, 0) is 31.8 Å². The number of hydrogen-bond acceptors (Lipinski definition) is 5. The highest BCUT2D eigenvalue weighted by Crippen LogP contribution is 2.35. The summed E-state index contributed by atoms with van der Waals surface area (Å²) in [5, 5.41) is 8.40. The van der Waals surface area contributed by atoms with Gasteiger partial charge < -0.3 is 25.6 Å². The second-order valence-electron chi connectivity index (χ2n) is 9.10. The van der Waals surface area contributed by atoms with Gasteiger partial charge in [-0.15, -0.1) is 0 Å². The topological polar surface area (TPSA) is 99.8 Å². The zero-order chi connectivity index (χ0) is 25.9. The molecule has 2 aliphatic heterocycles. The molecular formula is C25H27F3N4O4. The van der Waals surface area contributed by atoms with Crippen LogP contribution in [0.4, 0.5) is 24.5 Å². The van der Waals surface area contributed by atoms with Gasteiger partial charge in [-0.2, -0.15) is 13.2 Å². The van der Waals surface area contributed by atoms with E-state index < -0.39 is 29.1 Å². The zero-order valence-corrected chi connectivity index (χ0v) is 19.7. The lowest BCUT2D eigenvalue weighted by atomic mass is 9.95. The van der Waals surface area contributed by atoms with Gasteiger partial charge in [0.1, 0.15) is 5.54 Å². The average molecular weight is 505 g/mol. The first-order chi connectivity index (χ1) is 17.1. The molecule has 2 aromatic rings. The van der Waals surface area contributed by atoms with Gasteiger partial charge in [-0.3, -0.25) is 14.4 Å². The number of nitrogens with zero attached hydrogens (tertiary/aromatic N) is 1. The van der Waals surface area contributed by atoms with Crippen LogP contribution in [0.15, 0.2) is 48.5 Å². The van der Waals surface area contributed by atoms with Crippen LogP contribution in [0.3, 0.4) is 0 Å². The fraction of sp³-hybridized carbons (Fsp3) is 0.400. The van der Waals surface area contributed by atoms with E-state index in [4.69, 9.17) is 4.74 Å². The van der Waals surface area contributed by atoms with E-state index in [1.807, 2.05) is 0 Å². The van der Waals surface area contributed by atoms with Crippen LogP contribution < -0.4 is 16.0 Å². The van der Waals surface area contributed by atoms with Crippen molar-refractivity contribution in [2.75, 3.05) is 32.1 Å². The molecule has 2 aliphatic rings. The van der Waals surface area contributed by atoms with E-state index in [-0.39, 0.29) is 37.1 Å². The highest BCUT2D eigenvalue weighted by molar-refractivity contribution is 5.95. The number of anilines is 2. The first-order valence-corrected chi connectivity index (χ1v) is 11.5. The van der Waals surface area contributed by atoms with Crippen molar-refractivity contribution in [3.63, 3.8) is 0 Å². The summed E-state index contributed by atoms with van der Waals surface area (Å²) in [6, 6.07) is 11.8. The van der Waals surface area contributed by atoms with E-state index in [1.54, 1.807) is 31.3 Å². The van der Waals surface area contributed by atoms with Crippen molar-refractivity contribution in [2.24, 2.45) is 5.92 Å². The number of benzene rings is 2. The Morgan fingerprint density at radius 2 is 1.86 bits per heavy atom. The maximum atomic E-state index is 13.2. The molecule has 0 saturated carbocycles. The summed E-state index contributed by atoms with van der Waals surface area (Å²) in [5.41, 5.74) is -0.849. The number of likely N-dealkylation sites (tertiary alicyclic amines) is 1. The van der Waals surface area contributed by atoms with Crippen molar-refractivity contribution in [2.45, 2.75) is 31.1 Å². The molecule has 2 atom stereocenters. The minimum absolute atomic E-state index is 0.0303. The van der Waals surface area contributed by atoms with Crippen molar-refractivity contribution in [3.05, 3.63) is 59.7 Å². The van der Waals surface area contributed by atoms with Gasteiger partial charge in [-0.05, 0) is 29.8 Å². The SMILES string of the molecule is CN1CC(C(=O)N[C@@]2(C(=O)NCc3ccc(Nc4ccccc4C(F)(F)F)cc3)CCOC2)CC1=O. The zero-order valence-electron chi connectivity index (χ0n) is 19.7. The minimum atomic E-state index is -4.48. The van der Waals surface area contributed by atoms with E-state index in [0.717, 1.165) is 11.6 Å². The molecule has 2 aromatic carbocycles. The first-order valence-electron chi connectivity index (χ1n) is 11.5. The molecule has 192 valence electrons. The van der Waals surface area contributed by atoms with Crippen LogP contribution in [0.1, 0.15) is 24.0 Å². The first kappa shape index (κ1) is 25.5. The van der Waals surface area contributed by atoms with Gasteiger partial charge in [0.15, 0.2) is 0 Å². The predicted molar refractivity (Wildman–Crippen MR) is 125 cm³/mol. The number of carbonyl (C=O) groups is 3. The fourth-order valence-electron chi connectivity index (χ4n) is 4.33. The molecule has 0 aromatic heterocycles. The summed E-state index contributed by atoms with van der Waals surface area (Å²) < 4.78 is 45.1. The molecule has 3 N–H and O–H groups in total. The number of para-hydroxylation sites is 1. The van der Waals surface area contributed by atoms with E-state index in [1.165, 1.54) is 23.1 Å². The van der Waals surface area contributed by atoms with Crippen molar-refractivity contribution >= 4 is 29.1 Å². The smallest absolute Gasteiger partial charge is 0.378 e. The highest BCUT2D eigenvalue weighted by Gasteiger charge is 2.45. The Morgan fingerprint density at radius 1 is 1.14 bits per heavy atom. The van der Waals surface area contributed by atoms with Gasteiger partial charge in [0.25, 0.3) is 0 Å². The Morgan fingerprint density at radius 3 is 2.47 bits per heavy atom. The molecule has 2 heterocycles. The summed E-state index contributed by atoms with van der Waals surface area (Å²) in [7, 11) is 1.63. The summed E-state index contributed by atoms with van der Waals surface area (Å²) in [6.45, 7) is 0.803. The van der Waals surface area contributed by atoms with Gasteiger partial charge in [0.2, 0.25) is 17.7 Å². The monoisotopic (exact) mass is 504 g/mol. The molecule has 4 rings (SSSR count). The third kappa shape index (κ3) is 5.62. The van der Waals surface area contributed by atoms with E-state index in [2.05, 4.69) is 16.0 Å². The molecule has 0 radical (unpaired) electrons. The molecule has 2 saturated heterocycles. The maximum absolute atomic E-state index is 13.2. The number of halogens is 3. The van der Waals surface area contributed by atoms with Gasteiger partial charge in [0.05, 0.1) is 23.8 Å². The van der Waals surface area contributed by atoms with Gasteiger partial charge >= 0.3 is 6.18 Å². The Labute approximate surface area is 206 Å². The number of nitrogens with one attached hydrogen (secondary N) is 3. The summed E-state index contributed by atoms with van der Waals surface area (Å²) in [4.78, 5) is 39.1. The molecule has 2 fully saturated rings. The molecule has 36 heavy (non-hydrogen) atoms. The van der Waals surface area contributed by atoms with Crippen LogP contribution in [0.25, 0.3) is 0 Å². The van der Waals surface area contributed by atoms with Crippen LogP contribution in [0, 0.1) is 5.92 Å². The van der Waals surface area contributed by atoms with Crippen LogP contribution in [0.5, 0.6) is 0 Å². The Kier molecular flexibility index (Phi) is 7.21. The number of alkyl halides is 3. The third-order valence-electron chi connectivity index (χ3n) is 6.45. The van der Waals surface area contributed by atoms with Crippen molar-refractivity contribution in [1.82, 2.24) is 15.5 Å². The van der Waals surface area contributed by atoms with Crippen LogP contribution in [0.2, 0.25) is 0 Å². The number of amides is 3. The van der Waals surface area contributed by atoms with E-state index in [0.29, 0.717) is 25.3 Å². The van der Waals surface area contributed by atoms with Gasteiger partial charge in [-0.25, -0.2) is 0 Å². The lowest BCUT2D eigenvalue weighted by Crippen LogP contribution is -2.60. The molecule has 11 heteroatoms. The third-order valence-corrected chi connectivity index (χ3v) is 6.45.